The molecule has 2 aliphatic rings. The Bertz CT molecular complexity index is 2300. The van der Waals surface area contributed by atoms with Crippen LogP contribution in [-0.4, -0.2) is 92.8 Å². The van der Waals surface area contributed by atoms with E-state index in [0.717, 1.165) is 69.4 Å². The first-order valence-electron chi connectivity index (χ1n) is 19.6. The van der Waals surface area contributed by atoms with Gasteiger partial charge in [-0.2, -0.15) is 0 Å². The number of nitrogen functional groups attached to an aromatic ring is 1. The summed E-state index contributed by atoms with van der Waals surface area (Å²) < 4.78 is 11.1. The fourth-order valence-corrected chi connectivity index (χ4v) is 8.12. The second-order valence-electron chi connectivity index (χ2n) is 15.6. The van der Waals surface area contributed by atoms with E-state index in [0.29, 0.717) is 25.3 Å². The van der Waals surface area contributed by atoms with E-state index in [2.05, 4.69) is 45.9 Å². The van der Waals surface area contributed by atoms with E-state index < -0.39 is 24.3 Å². The number of carbonyl (C=O) groups excluding carboxylic acids is 4. The number of carbonyl (C=O) groups is 4. The van der Waals surface area contributed by atoms with Gasteiger partial charge in [0.1, 0.15) is 17.9 Å². The molecule has 300 valence electrons. The molecule has 4 heterocycles. The van der Waals surface area contributed by atoms with Crippen molar-refractivity contribution in [2.45, 2.75) is 77.5 Å². The summed E-state index contributed by atoms with van der Waals surface area (Å²) in [6, 6.07) is 18.4. The molecule has 0 bridgehead atoms. The highest BCUT2D eigenvalue weighted by molar-refractivity contribution is 5.89. The Balaban J connectivity index is 1.08. The number of aromatic amines is 1. The number of aromatic nitrogens is 4. The van der Waals surface area contributed by atoms with Crippen LogP contribution in [0.25, 0.3) is 44.3 Å². The van der Waals surface area contributed by atoms with Crippen molar-refractivity contribution >= 4 is 46.1 Å². The van der Waals surface area contributed by atoms with Crippen LogP contribution in [-0.2, 0) is 19.1 Å². The molecular formula is C42H51N9O6. The molecular weight excluding hydrogens is 727 g/mol. The van der Waals surface area contributed by atoms with E-state index in [1.165, 1.54) is 14.2 Å². The molecule has 7 rings (SSSR count). The number of nitrogens with zero attached hydrogens (tertiary/aromatic N) is 5. The SMILES string of the molecule is COC(=O)N[C@H](C(=O)N1CCC[C@H]1c1nc2ccc(-c3ccc(-c4ccc5nc([C@@H]6CCCN6C(=O)[C@@H](NC(=O)OC)C(C)C)n(N)c5c4)cc3)cc2[nH]1)C(C)C. The molecule has 5 aromatic rings. The number of methoxy groups -OCH3 is 2. The lowest BCUT2D eigenvalue weighted by Gasteiger charge is -2.30. The van der Waals surface area contributed by atoms with Gasteiger partial charge in [0, 0.05) is 13.1 Å². The number of hydrogen-bond donors (Lipinski definition) is 4. The Morgan fingerprint density at radius 1 is 0.702 bits per heavy atom. The number of hydrogen-bond acceptors (Lipinski definition) is 9. The number of alkyl carbamates (subject to hydrolysis) is 2. The summed E-state index contributed by atoms with van der Waals surface area (Å²) in [6.45, 7) is 8.70. The fourth-order valence-electron chi connectivity index (χ4n) is 8.12. The fraction of sp³-hybridized carbons (Fsp3) is 0.429. The second kappa shape index (κ2) is 16.2. The number of amides is 4. The van der Waals surface area contributed by atoms with Crippen molar-refractivity contribution in [3.05, 3.63) is 72.3 Å². The summed E-state index contributed by atoms with van der Waals surface area (Å²) in [5.74, 6) is 7.45. The standard InChI is InChI=1S/C42H51N9O6/c1-23(2)35(47-41(54)56-5)39(52)49-19-7-9-32(49)37-44-29-17-15-27(21-31(29)45-37)25-11-13-26(14-12-25)28-16-18-30-34(22-28)51(43)38(46-30)33-10-8-20-50(33)40(53)36(24(3)4)48-42(55)57-6/h11-18,21-24,32-33,35-36H,7-10,19-20,43H2,1-6H3,(H,44,45)(H,47,54)(H,48,55)/t32-,33-,35-,36-/m0/s1. The van der Waals surface area contributed by atoms with E-state index >= 15 is 0 Å². The minimum atomic E-state index is -0.732. The van der Waals surface area contributed by atoms with Crippen LogP contribution in [0.5, 0.6) is 0 Å². The average molecular weight is 778 g/mol. The normalized spacial score (nSPS) is 18.0. The topological polar surface area (TPSA) is 190 Å². The van der Waals surface area contributed by atoms with Gasteiger partial charge in [-0.25, -0.2) is 24.2 Å². The highest BCUT2D eigenvalue weighted by Crippen LogP contribution is 2.36. The van der Waals surface area contributed by atoms with Crippen molar-refractivity contribution in [2.24, 2.45) is 11.8 Å². The van der Waals surface area contributed by atoms with Crippen molar-refractivity contribution in [1.29, 1.82) is 0 Å². The molecule has 4 amide bonds. The van der Waals surface area contributed by atoms with Crippen molar-refractivity contribution in [3.8, 4) is 22.3 Å². The molecule has 4 atom stereocenters. The van der Waals surface area contributed by atoms with Gasteiger partial charge in [-0.1, -0.05) is 64.1 Å². The van der Waals surface area contributed by atoms with E-state index in [4.69, 9.17) is 25.3 Å². The Labute approximate surface area is 331 Å². The van der Waals surface area contributed by atoms with E-state index in [1.807, 2.05) is 62.9 Å². The summed E-state index contributed by atoms with van der Waals surface area (Å²) >= 11 is 0. The number of H-pyrrole nitrogens is 1. The van der Waals surface area contributed by atoms with Crippen LogP contribution in [0, 0.1) is 11.8 Å². The van der Waals surface area contributed by atoms with Crippen LogP contribution in [0.1, 0.15) is 77.1 Å². The maximum Gasteiger partial charge on any atom is 0.407 e. The van der Waals surface area contributed by atoms with Gasteiger partial charge in [-0.3, -0.25) is 9.59 Å². The van der Waals surface area contributed by atoms with Gasteiger partial charge in [-0.05, 0) is 84.0 Å². The third-order valence-electron chi connectivity index (χ3n) is 11.2. The van der Waals surface area contributed by atoms with Crippen molar-refractivity contribution < 1.29 is 28.7 Å². The Morgan fingerprint density at radius 2 is 1.19 bits per heavy atom. The zero-order chi connectivity index (χ0) is 40.5. The molecule has 5 N–H and O–H groups in total. The number of ether oxygens (including phenoxy) is 2. The second-order valence-corrected chi connectivity index (χ2v) is 15.6. The van der Waals surface area contributed by atoms with Gasteiger partial charge in [0.15, 0.2) is 5.82 Å². The van der Waals surface area contributed by atoms with E-state index in [9.17, 15) is 19.2 Å². The lowest BCUT2D eigenvalue weighted by Crippen LogP contribution is -2.51. The number of imidazole rings is 2. The Hall–Kier alpha value is -6.12. The smallest absolute Gasteiger partial charge is 0.407 e. The quantitative estimate of drug-likeness (QED) is 0.122. The molecule has 0 spiro atoms. The monoisotopic (exact) mass is 777 g/mol. The number of rotatable bonds is 10. The number of nitrogens with one attached hydrogen (secondary N) is 3. The molecule has 2 aliphatic heterocycles. The minimum absolute atomic E-state index is 0.114. The van der Waals surface area contributed by atoms with Crippen LogP contribution >= 0.6 is 0 Å². The summed E-state index contributed by atoms with van der Waals surface area (Å²) in [4.78, 5) is 68.1. The summed E-state index contributed by atoms with van der Waals surface area (Å²) in [7, 11) is 2.57. The number of benzene rings is 3. The summed E-state index contributed by atoms with van der Waals surface area (Å²) in [5.41, 5.74) is 7.19. The molecule has 0 saturated carbocycles. The van der Waals surface area contributed by atoms with Gasteiger partial charge in [0.25, 0.3) is 0 Å². The van der Waals surface area contributed by atoms with Crippen molar-refractivity contribution in [2.75, 3.05) is 33.2 Å². The third-order valence-corrected chi connectivity index (χ3v) is 11.2. The molecule has 2 aromatic heterocycles. The van der Waals surface area contributed by atoms with Crippen LogP contribution in [0.15, 0.2) is 60.7 Å². The van der Waals surface area contributed by atoms with Crippen LogP contribution < -0.4 is 16.5 Å². The van der Waals surface area contributed by atoms with E-state index in [1.54, 1.807) is 9.58 Å². The maximum absolute atomic E-state index is 13.7. The molecule has 15 nitrogen and oxygen atoms in total. The minimum Gasteiger partial charge on any atom is -0.453 e. The zero-order valence-corrected chi connectivity index (χ0v) is 33.2. The molecule has 0 aliphatic carbocycles. The highest BCUT2D eigenvalue weighted by Gasteiger charge is 2.39. The molecule has 15 heteroatoms. The number of fused-ring (bicyclic) bond motifs is 2. The van der Waals surface area contributed by atoms with Gasteiger partial charge in [-0.15, -0.1) is 0 Å². The van der Waals surface area contributed by atoms with Crippen molar-refractivity contribution in [3.63, 3.8) is 0 Å². The van der Waals surface area contributed by atoms with E-state index in [-0.39, 0.29) is 35.7 Å². The number of likely N-dealkylation sites (tertiary alicyclic amines) is 2. The summed E-state index contributed by atoms with van der Waals surface area (Å²) in [5, 5.41) is 5.39. The first kappa shape index (κ1) is 39.1. The first-order chi connectivity index (χ1) is 27.4. The largest absolute Gasteiger partial charge is 0.453 e. The lowest BCUT2D eigenvalue weighted by atomic mass is 10.00. The number of nitrogens with two attached hydrogens (primary N) is 1. The molecule has 0 radical (unpaired) electrons. The predicted molar refractivity (Wildman–Crippen MR) is 216 cm³/mol. The molecule has 57 heavy (non-hydrogen) atoms. The molecule has 0 unspecified atom stereocenters. The summed E-state index contributed by atoms with van der Waals surface area (Å²) in [6.07, 6.45) is 1.85. The molecule has 2 fully saturated rings. The Morgan fingerprint density at radius 3 is 1.74 bits per heavy atom. The van der Waals surface area contributed by atoms with Crippen LogP contribution in [0.3, 0.4) is 0 Å². The predicted octanol–water partition coefficient (Wildman–Crippen LogP) is 6.05. The Kier molecular flexibility index (Phi) is 11.1. The average Bonchev–Trinajstić information content (AvgIpc) is 4.03. The van der Waals surface area contributed by atoms with Gasteiger partial charge < -0.3 is 40.7 Å². The first-order valence-corrected chi connectivity index (χ1v) is 19.6. The van der Waals surface area contributed by atoms with Crippen LogP contribution in [0.2, 0.25) is 0 Å². The molecule has 3 aromatic carbocycles. The van der Waals surface area contributed by atoms with Gasteiger partial charge in [0.05, 0.1) is 48.4 Å². The zero-order valence-electron chi connectivity index (χ0n) is 33.2. The maximum atomic E-state index is 13.7. The van der Waals surface area contributed by atoms with Crippen LogP contribution in [0.4, 0.5) is 9.59 Å². The van der Waals surface area contributed by atoms with Gasteiger partial charge >= 0.3 is 12.2 Å². The lowest BCUT2D eigenvalue weighted by molar-refractivity contribution is -0.136. The highest BCUT2D eigenvalue weighted by atomic mass is 16.5. The van der Waals surface area contributed by atoms with Gasteiger partial charge in [0.2, 0.25) is 11.8 Å². The third kappa shape index (κ3) is 7.70. The van der Waals surface area contributed by atoms with Crippen molar-refractivity contribution in [1.82, 2.24) is 40.1 Å². The molecule has 2 saturated heterocycles.